The molecule has 1 N–H and O–H groups in total. The number of thioether (sulfide) groups is 1. The molecule has 1 amide bonds. The third-order valence-corrected chi connectivity index (χ3v) is 6.44. The molecule has 28 heavy (non-hydrogen) atoms. The van der Waals surface area contributed by atoms with Crippen molar-refractivity contribution in [3.63, 3.8) is 0 Å². The van der Waals surface area contributed by atoms with Crippen LogP contribution in [0.5, 0.6) is 0 Å². The first kappa shape index (κ1) is 21.2. The summed E-state index contributed by atoms with van der Waals surface area (Å²) in [7, 11) is 0. The number of aryl methyl sites for hydroxylation is 1. The second kappa shape index (κ2) is 10.3. The van der Waals surface area contributed by atoms with Crippen LogP contribution >= 0.6 is 23.4 Å². The van der Waals surface area contributed by atoms with Crippen LogP contribution in [0.1, 0.15) is 12.5 Å². The molecule has 1 atom stereocenters. The molecule has 0 aromatic heterocycles. The number of rotatable bonds is 7. The summed E-state index contributed by atoms with van der Waals surface area (Å²) in [6.45, 7) is 8.87. The largest absolute Gasteiger partial charge is 0.324 e. The number of carbonyl (C=O) groups is 1. The monoisotopic (exact) mass is 417 g/mol. The Morgan fingerprint density at radius 3 is 2.57 bits per heavy atom. The van der Waals surface area contributed by atoms with Crippen LogP contribution in [0.2, 0.25) is 5.02 Å². The van der Waals surface area contributed by atoms with Gasteiger partial charge in [0, 0.05) is 54.1 Å². The van der Waals surface area contributed by atoms with Crippen molar-refractivity contribution in [3.8, 4) is 0 Å². The van der Waals surface area contributed by atoms with E-state index in [0.29, 0.717) is 5.02 Å². The topological polar surface area (TPSA) is 35.6 Å². The van der Waals surface area contributed by atoms with E-state index in [2.05, 4.69) is 39.4 Å². The molecule has 0 radical (unpaired) electrons. The lowest BCUT2D eigenvalue weighted by Crippen LogP contribution is -2.53. The summed E-state index contributed by atoms with van der Waals surface area (Å²) in [5.41, 5.74) is 1.81. The Bertz CT molecular complexity index is 779. The predicted molar refractivity (Wildman–Crippen MR) is 119 cm³/mol. The van der Waals surface area contributed by atoms with Crippen molar-refractivity contribution in [2.24, 2.45) is 0 Å². The molecule has 6 heteroatoms. The van der Waals surface area contributed by atoms with Crippen LogP contribution in [-0.4, -0.2) is 60.2 Å². The third-order valence-electron chi connectivity index (χ3n) is 5.21. The highest BCUT2D eigenvalue weighted by atomic mass is 35.5. The number of benzene rings is 2. The molecule has 0 bridgehead atoms. The summed E-state index contributed by atoms with van der Waals surface area (Å²) >= 11 is 7.96. The minimum atomic E-state index is -0.153. The lowest BCUT2D eigenvalue weighted by molar-refractivity contribution is -0.121. The number of hydrogen-bond acceptors (Lipinski definition) is 4. The molecule has 0 saturated carbocycles. The molecule has 3 rings (SSSR count). The fourth-order valence-corrected chi connectivity index (χ4v) is 4.42. The molecule has 150 valence electrons. The van der Waals surface area contributed by atoms with Gasteiger partial charge in [0.1, 0.15) is 0 Å². The van der Waals surface area contributed by atoms with Gasteiger partial charge in [0.05, 0.1) is 6.04 Å². The number of carbonyl (C=O) groups excluding carboxylic acids is 1. The maximum atomic E-state index is 12.7. The Morgan fingerprint density at radius 2 is 1.86 bits per heavy atom. The van der Waals surface area contributed by atoms with Gasteiger partial charge >= 0.3 is 0 Å². The van der Waals surface area contributed by atoms with E-state index >= 15 is 0 Å². The van der Waals surface area contributed by atoms with Gasteiger partial charge in [0.2, 0.25) is 5.91 Å². The van der Waals surface area contributed by atoms with Crippen LogP contribution in [0.15, 0.2) is 53.4 Å². The van der Waals surface area contributed by atoms with E-state index in [1.54, 1.807) is 0 Å². The Labute approximate surface area is 177 Å². The van der Waals surface area contributed by atoms with Crippen molar-refractivity contribution in [2.45, 2.75) is 24.8 Å². The average molecular weight is 418 g/mol. The van der Waals surface area contributed by atoms with Crippen LogP contribution in [0, 0.1) is 6.92 Å². The lowest BCUT2D eigenvalue weighted by atomic mass is 10.1. The van der Waals surface area contributed by atoms with Gasteiger partial charge in [-0.1, -0.05) is 35.9 Å². The number of amides is 1. The SMILES string of the molecule is Cc1ccc(Cl)cc1NC(=O)C(C)N1CCN(CCSc2ccccc2)CC1. The number of anilines is 1. The molecular weight excluding hydrogens is 390 g/mol. The average Bonchev–Trinajstić information content (AvgIpc) is 2.71. The van der Waals surface area contributed by atoms with Gasteiger partial charge in [-0.3, -0.25) is 14.6 Å². The van der Waals surface area contributed by atoms with Gasteiger partial charge in [0.25, 0.3) is 0 Å². The smallest absolute Gasteiger partial charge is 0.241 e. The van der Waals surface area contributed by atoms with Crippen molar-refractivity contribution in [2.75, 3.05) is 43.8 Å². The van der Waals surface area contributed by atoms with Crippen LogP contribution in [0.3, 0.4) is 0 Å². The summed E-state index contributed by atoms with van der Waals surface area (Å²) in [5, 5.41) is 3.66. The highest BCUT2D eigenvalue weighted by Crippen LogP contribution is 2.21. The van der Waals surface area contributed by atoms with Gasteiger partial charge in [-0.15, -0.1) is 11.8 Å². The molecule has 2 aromatic carbocycles. The van der Waals surface area contributed by atoms with Gasteiger partial charge in [-0.25, -0.2) is 0 Å². The Balaban J connectivity index is 1.42. The first-order chi connectivity index (χ1) is 13.5. The molecular formula is C22H28ClN3OS. The summed E-state index contributed by atoms with van der Waals surface area (Å²) in [4.78, 5) is 18.7. The third kappa shape index (κ3) is 5.98. The van der Waals surface area contributed by atoms with Crippen LogP contribution in [-0.2, 0) is 4.79 Å². The second-order valence-electron chi connectivity index (χ2n) is 7.16. The highest BCUT2D eigenvalue weighted by molar-refractivity contribution is 7.99. The van der Waals surface area contributed by atoms with E-state index in [1.165, 1.54) is 4.90 Å². The molecule has 2 aromatic rings. The van der Waals surface area contributed by atoms with Gasteiger partial charge < -0.3 is 5.32 Å². The van der Waals surface area contributed by atoms with Crippen molar-refractivity contribution >= 4 is 35.0 Å². The molecule has 1 heterocycles. The van der Waals surface area contributed by atoms with Crippen LogP contribution in [0.25, 0.3) is 0 Å². The fraction of sp³-hybridized carbons (Fsp3) is 0.409. The predicted octanol–water partition coefficient (Wildman–Crippen LogP) is 4.39. The summed E-state index contributed by atoms with van der Waals surface area (Å²) in [5.74, 6) is 1.12. The number of nitrogens with one attached hydrogen (secondary N) is 1. The zero-order valence-corrected chi connectivity index (χ0v) is 18.1. The number of hydrogen-bond donors (Lipinski definition) is 1. The first-order valence-electron chi connectivity index (χ1n) is 9.74. The van der Waals surface area contributed by atoms with Crippen molar-refractivity contribution < 1.29 is 4.79 Å². The summed E-state index contributed by atoms with van der Waals surface area (Å²) in [6, 6.07) is 15.9. The summed E-state index contributed by atoms with van der Waals surface area (Å²) in [6.07, 6.45) is 0. The van der Waals surface area contributed by atoms with E-state index in [9.17, 15) is 4.79 Å². The zero-order chi connectivity index (χ0) is 19.9. The maximum absolute atomic E-state index is 12.7. The van der Waals surface area contributed by atoms with E-state index in [0.717, 1.165) is 49.7 Å². The van der Waals surface area contributed by atoms with Gasteiger partial charge in [0.15, 0.2) is 0 Å². The molecule has 1 saturated heterocycles. The molecule has 0 spiro atoms. The van der Waals surface area contributed by atoms with E-state index in [-0.39, 0.29) is 11.9 Å². The van der Waals surface area contributed by atoms with E-state index < -0.39 is 0 Å². The molecule has 4 nitrogen and oxygen atoms in total. The normalized spacial score (nSPS) is 16.7. The molecule has 1 fully saturated rings. The Morgan fingerprint density at radius 1 is 1.14 bits per heavy atom. The first-order valence-corrected chi connectivity index (χ1v) is 11.1. The minimum absolute atomic E-state index is 0.0263. The van der Waals surface area contributed by atoms with E-state index in [1.807, 2.05) is 49.9 Å². The number of halogens is 1. The van der Waals surface area contributed by atoms with Crippen molar-refractivity contribution in [1.29, 1.82) is 0 Å². The standard InChI is InChI=1S/C22H28ClN3OS/c1-17-8-9-19(23)16-21(17)24-22(27)18(2)26-12-10-25(11-13-26)14-15-28-20-6-4-3-5-7-20/h3-9,16,18H,10-15H2,1-2H3,(H,24,27). The van der Waals surface area contributed by atoms with Gasteiger partial charge in [-0.05, 0) is 43.7 Å². The Kier molecular flexibility index (Phi) is 7.80. The zero-order valence-electron chi connectivity index (χ0n) is 16.5. The number of piperazine rings is 1. The van der Waals surface area contributed by atoms with Crippen molar-refractivity contribution in [3.05, 3.63) is 59.1 Å². The van der Waals surface area contributed by atoms with Gasteiger partial charge in [-0.2, -0.15) is 0 Å². The van der Waals surface area contributed by atoms with Crippen molar-refractivity contribution in [1.82, 2.24) is 9.80 Å². The molecule has 1 aliphatic rings. The summed E-state index contributed by atoms with van der Waals surface area (Å²) < 4.78 is 0. The van der Waals surface area contributed by atoms with Crippen LogP contribution < -0.4 is 5.32 Å². The fourth-order valence-electron chi connectivity index (χ4n) is 3.32. The maximum Gasteiger partial charge on any atom is 0.241 e. The molecule has 1 aliphatic heterocycles. The second-order valence-corrected chi connectivity index (χ2v) is 8.77. The lowest BCUT2D eigenvalue weighted by Gasteiger charge is -2.37. The molecule has 0 aliphatic carbocycles. The quantitative estimate of drug-likeness (QED) is 0.678. The minimum Gasteiger partial charge on any atom is -0.324 e. The number of nitrogens with zero attached hydrogens (tertiary/aromatic N) is 2. The highest BCUT2D eigenvalue weighted by Gasteiger charge is 2.25. The van der Waals surface area contributed by atoms with E-state index in [4.69, 9.17) is 11.6 Å². The van der Waals surface area contributed by atoms with Crippen LogP contribution in [0.4, 0.5) is 5.69 Å². The molecule has 1 unspecified atom stereocenters. The Hall–Kier alpha value is -1.53.